The number of hydrogen-bond acceptors (Lipinski definition) is 6. The molecular formula is C16H22N2O6S. The van der Waals surface area contributed by atoms with E-state index in [-0.39, 0.29) is 29.9 Å². The molecule has 8 nitrogen and oxygen atoms in total. The lowest BCUT2D eigenvalue weighted by Gasteiger charge is -2.32. The number of aliphatic hydroxyl groups excluding tert-OH is 1. The molecule has 0 radical (unpaired) electrons. The predicted octanol–water partition coefficient (Wildman–Crippen LogP) is 0.315. The van der Waals surface area contributed by atoms with Crippen LogP contribution in [-0.2, 0) is 19.2 Å². The number of nitrogens with zero attached hydrogens (tertiary/aromatic N) is 1. The molecule has 0 aromatic carbocycles. The molecule has 2 heterocycles. The van der Waals surface area contributed by atoms with E-state index in [2.05, 4.69) is 5.32 Å². The summed E-state index contributed by atoms with van der Waals surface area (Å²) in [4.78, 5) is 48.2. The molecule has 25 heavy (non-hydrogen) atoms. The first kappa shape index (κ1) is 19.5. The second-order valence-electron chi connectivity index (χ2n) is 6.47. The number of carbonyl (C=O) groups is 4. The molecule has 0 aliphatic carbocycles. The second-order valence-corrected chi connectivity index (χ2v) is 7.71. The number of carbonyl (C=O) groups excluding carboxylic acids is 3. The van der Waals surface area contributed by atoms with Crippen LogP contribution in [0.5, 0.6) is 0 Å². The second kappa shape index (κ2) is 7.57. The number of rotatable bonds is 6. The minimum atomic E-state index is -1.26. The highest BCUT2D eigenvalue weighted by Gasteiger charge is 2.46. The Morgan fingerprint density at radius 1 is 1.40 bits per heavy atom. The number of carboxylic acids is 1. The maximum absolute atomic E-state index is 12.0. The monoisotopic (exact) mass is 370 g/mol. The number of nitrogens with one attached hydrogen (secondary N) is 1. The maximum Gasteiger partial charge on any atom is 0.353 e. The number of thioether (sulfide) groups is 1. The normalized spacial score (nSPS) is 29.4. The molecule has 9 heteroatoms. The topological polar surface area (TPSA) is 124 Å². The van der Waals surface area contributed by atoms with Crippen molar-refractivity contribution in [2.45, 2.75) is 51.0 Å². The van der Waals surface area contributed by atoms with Crippen molar-refractivity contribution in [1.82, 2.24) is 10.2 Å². The third kappa shape index (κ3) is 3.72. The van der Waals surface area contributed by atoms with Crippen molar-refractivity contribution >= 4 is 36.0 Å². The minimum absolute atomic E-state index is 0.158. The molecule has 5 atom stereocenters. The van der Waals surface area contributed by atoms with Crippen LogP contribution in [0.15, 0.2) is 10.6 Å². The van der Waals surface area contributed by atoms with Gasteiger partial charge in [0.05, 0.1) is 11.4 Å². The van der Waals surface area contributed by atoms with Gasteiger partial charge in [0.25, 0.3) is 0 Å². The average Bonchev–Trinajstić information content (AvgIpc) is 2.81. The SMILES string of the molecule is C[C@@H]([C@H]1[C@@H](C)C(S[C@H]2CCC(=O)NC2=O)=C(C(=O)O)N1C=O)[C@@H](C)O. The zero-order chi connectivity index (χ0) is 18.9. The summed E-state index contributed by atoms with van der Waals surface area (Å²) in [6, 6.07) is -0.514. The van der Waals surface area contributed by atoms with Crippen molar-refractivity contribution in [2.24, 2.45) is 11.8 Å². The van der Waals surface area contributed by atoms with E-state index in [9.17, 15) is 29.4 Å². The van der Waals surface area contributed by atoms with Crippen LogP contribution in [0, 0.1) is 11.8 Å². The Bertz CT molecular complexity index is 632. The van der Waals surface area contributed by atoms with Crippen LogP contribution in [0.1, 0.15) is 33.6 Å². The fourth-order valence-corrected chi connectivity index (χ4v) is 4.69. The lowest BCUT2D eigenvalue weighted by molar-refractivity contribution is -0.137. The largest absolute Gasteiger partial charge is 0.477 e. The Balaban J connectivity index is 2.36. The van der Waals surface area contributed by atoms with Gasteiger partial charge in [-0.2, -0.15) is 0 Å². The Morgan fingerprint density at radius 2 is 2.04 bits per heavy atom. The summed E-state index contributed by atoms with van der Waals surface area (Å²) in [5, 5.41) is 21.2. The van der Waals surface area contributed by atoms with Gasteiger partial charge >= 0.3 is 5.97 Å². The van der Waals surface area contributed by atoms with Gasteiger partial charge in [-0.25, -0.2) is 4.79 Å². The summed E-state index contributed by atoms with van der Waals surface area (Å²) < 4.78 is 0. The van der Waals surface area contributed by atoms with Crippen molar-refractivity contribution in [2.75, 3.05) is 0 Å². The van der Waals surface area contributed by atoms with Crippen LogP contribution in [0.4, 0.5) is 0 Å². The molecule has 0 bridgehead atoms. The zero-order valence-electron chi connectivity index (χ0n) is 14.3. The van der Waals surface area contributed by atoms with E-state index in [1.807, 2.05) is 0 Å². The van der Waals surface area contributed by atoms with E-state index in [1.165, 1.54) is 0 Å². The number of carboxylic acid groups (broad SMARTS) is 1. The van der Waals surface area contributed by atoms with Gasteiger partial charge in [0, 0.05) is 29.2 Å². The fraction of sp³-hybridized carbons (Fsp3) is 0.625. The molecule has 0 saturated carbocycles. The number of hydrogen-bond donors (Lipinski definition) is 3. The molecule has 0 aromatic rings. The lowest BCUT2D eigenvalue weighted by Crippen LogP contribution is -2.43. The average molecular weight is 370 g/mol. The maximum atomic E-state index is 12.0. The number of amides is 3. The van der Waals surface area contributed by atoms with Crippen LogP contribution >= 0.6 is 11.8 Å². The highest BCUT2D eigenvalue weighted by Crippen LogP contribution is 2.45. The number of imide groups is 1. The molecule has 2 rings (SSSR count). The minimum Gasteiger partial charge on any atom is -0.477 e. The van der Waals surface area contributed by atoms with Crippen molar-refractivity contribution < 1.29 is 29.4 Å². The van der Waals surface area contributed by atoms with E-state index in [0.29, 0.717) is 17.7 Å². The van der Waals surface area contributed by atoms with Gasteiger partial charge in [0.15, 0.2) is 0 Å². The number of aliphatic carboxylic acids is 1. The first-order valence-corrected chi connectivity index (χ1v) is 8.96. The van der Waals surface area contributed by atoms with Crippen LogP contribution < -0.4 is 5.32 Å². The molecule has 138 valence electrons. The molecule has 2 aliphatic heterocycles. The van der Waals surface area contributed by atoms with Crippen LogP contribution in [0.25, 0.3) is 0 Å². The van der Waals surface area contributed by atoms with E-state index in [1.54, 1.807) is 20.8 Å². The summed E-state index contributed by atoms with van der Waals surface area (Å²) in [7, 11) is 0. The summed E-state index contributed by atoms with van der Waals surface area (Å²) >= 11 is 1.09. The van der Waals surface area contributed by atoms with E-state index >= 15 is 0 Å². The standard InChI is InChI=1S/C16H22N2O6S/c1-7(9(3)20)12-8(2)14(13(16(23)24)18(12)6-19)25-10-4-5-11(21)17-15(10)22/h6-10,12,20H,4-5H2,1-3H3,(H,23,24)(H,17,21,22)/t7-,8-,9-,10+,12+/m1/s1. The highest BCUT2D eigenvalue weighted by molar-refractivity contribution is 8.04. The molecule has 3 amide bonds. The molecular weight excluding hydrogens is 348 g/mol. The lowest BCUT2D eigenvalue weighted by atomic mass is 9.88. The van der Waals surface area contributed by atoms with Gasteiger partial charge in [-0.3, -0.25) is 19.7 Å². The molecule has 1 fully saturated rings. The van der Waals surface area contributed by atoms with Gasteiger partial charge in [-0.05, 0) is 13.3 Å². The Hall–Kier alpha value is -1.87. The van der Waals surface area contributed by atoms with Crippen molar-refractivity contribution in [3.8, 4) is 0 Å². The summed E-state index contributed by atoms with van der Waals surface area (Å²) in [5.74, 6) is -2.75. The van der Waals surface area contributed by atoms with Gasteiger partial charge in [0.1, 0.15) is 5.70 Å². The van der Waals surface area contributed by atoms with Crippen molar-refractivity contribution in [3.05, 3.63) is 10.6 Å². The molecule has 1 saturated heterocycles. The Labute approximate surface area is 149 Å². The Morgan fingerprint density at radius 3 is 2.52 bits per heavy atom. The third-order valence-corrected chi connectivity index (χ3v) is 6.37. The molecule has 2 aliphatic rings. The van der Waals surface area contributed by atoms with Crippen LogP contribution in [0.2, 0.25) is 0 Å². The smallest absolute Gasteiger partial charge is 0.353 e. The van der Waals surface area contributed by atoms with Gasteiger partial charge < -0.3 is 15.1 Å². The quantitative estimate of drug-likeness (QED) is 0.454. The van der Waals surface area contributed by atoms with E-state index < -0.39 is 29.3 Å². The van der Waals surface area contributed by atoms with Crippen molar-refractivity contribution in [1.29, 1.82) is 0 Å². The molecule has 0 spiro atoms. The van der Waals surface area contributed by atoms with E-state index in [4.69, 9.17) is 0 Å². The van der Waals surface area contributed by atoms with Gasteiger partial charge in [-0.1, -0.05) is 13.8 Å². The van der Waals surface area contributed by atoms with E-state index in [0.717, 1.165) is 16.7 Å². The first-order chi connectivity index (χ1) is 11.7. The Kier molecular flexibility index (Phi) is 5.89. The predicted molar refractivity (Wildman–Crippen MR) is 90.1 cm³/mol. The molecule has 0 unspecified atom stereocenters. The first-order valence-electron chi connectivity index (χ1n) is 8.08. The molecule has 0 aromatic heterocycles. The van der Waals surface area contributed by atoms with Crippen LogP contribution in [0.3, 0.4) is 0 Å². The zero-order valence-corrected chi connectivity index (χ0v) is 15.1. The summed E-state index contributed by atoms with van der Waals surface area (Å²) in [6.45, 7) is 5.12. The third-order valence-electron chi connectivity index (χ3n) is 4.81. The van der Waals surface area contributed by atoms with Crippen molar-refractivity contribution in [3.63, 3.8) is 0 Å². The summed E-state index contributed by atoms with van der Waals surface area (Å²) in [6.07, 6.45) is 0.237. The highest BCUT2D eigenvalue weighted by atomic mass is 32.2. The number of piperidine rings is 1. The van der Waals surface area contributed by atoms with Gasteiger partial charge in [-0.15, -0.1) is 11.8 Å². The fourth-order valence-electron chi connectivity index (χ4n) is 3.32. The summed E-state index contributed by atoms with van der Waals surface area (Å²) in [5.41, 5.74) is -0.158. The van der Waals surface area contributed by atoms with Crippen LogP contribution in [-0.4, -0.2) is 56.7 Å². The van der Waals surface area contributed by atoms with Gasteiger partial charge in [0.2, 0.25) is 18.2 Å². The number of aliphatic hydroxyl groups is 1. The molecule has 3 N–H and O–H groups in total.